The first-order valence-electron chi connectivity index (χ1n) is 9.72. The first-order chi connectivity index (χ1) is 11.7. The minimum Gasteiger partial charge on any atom is -0.460 e. The van der Waals surface area contributed by atoms with Crippen molar-refractivity contribution in [3.8, 4) is 0 Å². The molecule has 4 bridgehead atoms. The Bertz CT molecular complexity index is 547. The summed E-state index contributed by atoms with van der Waals surface area (Å²) in [5.41, 5.74) is -0.328. The molecule has 4 heteroatoms. The van der Waals surface area contributed by atoms with E-state index in [2.05, 4.69) is 6.58 Å². The number of hydrogen-bond acceptors (Lipinski definition) is 4. The highest BCUT2D eigenvalue weighted by Gasteiger charge is 2.63. The Balaban J connectivity index is 0.000000197. The van der Waals surface area contributed by atoms with Gasteiger partial charge in [-0.3, -0.25) is 4.79 Å². The number of esters is 2. The fourth-order valence-corrected chi connectivity index (χ4v) is 6.27. The van der Waals surface area contributed by atoms with E-state index >= 15 is 0 Å². The molecule has 4 saturated carbocycles. The predicted octanol–water partition coefficient (Wildman–Crippen LogP) is 4.13. The Hall–Kier alpha value is -1.32. The maximum atomic E-state index is 11.4. The second-order valence-electron chi connectivity index (χ2n) is 9.27. The standard InChI is InChI=1S/C15H20O2.C6H12O2/c1-2-13(16)17-12-7-10-6-11(12)15-9-4-3-8(5-9)14(10)15;1-5(7)8-6(2,3)4/h2,8-12,14-15H,1,3-7H2;1-4H3. The van der Waals surface area contributed by atoms with Gasteiger partial charge in [-0.15, -0.1) is 0 Å². The highest BCUT2D eigenvalue weighted by molar-refractivity contribution is 5.81. The van der Waals surface area contributed by atoms with Gasteiger partial charge in [-0.2, -0.15) is 0 Å². The van der Waals surface area contributed by atoms with Crippen LogP contribution in [-0.2, 0) is 19.1 Å². The van der Waals surface area contributed by atoms with E-state index in [9.17, 15) is 9.59 Å². The van der Waals surface area contributed by atoms with Crippen molar-refractivity contribution < 1.29 is 19.1 Å². The average Bonchev–Trinajstić information content (AvgIpc) is 3.23. The zero-order valence-electron chi connectivity index (χ0n) is 16.0. The number of carbonyl (C=O) groups is 2. The number of fused-ring (bicyclic) bond motifs is 9. The summed E-state index contributed by atoms with van der Waals surface area (Å²) in [4.78, 5) is 21.6. The Morgan fingerprint density at radius 1 is 1.00 bits per heavy atom. The second-order valence-corrected chi connectivity index (χ2v) is 9.27. The lowest BCUT2D eigenvalue weighted by molar-refractivity contribution is -0.152. The molecule has 4 rings (SSSR count). The molecule has 0 aliphatic heterocycles. The first kappa shape index (κ1) is 18.5. The number of ether oxygens (including phenoxy) is 2. The molecule has 0 radical (unpaired) electrons. The second kappa shape index (κ2) is 6.77. The molecule has 0 aromatic rings. The van der Waals surface area contributed by atoms with Gasteiger partial charge in [0.1, 0.15) is 11.7 Å². The van der Waals surface area contributed by atoms with E-state index < -0.39 is 0 Å². The van der Waals surface area contributed by atoms with Gasteiger partial charge in [0.15, 0.2) is 0 Å². The topological polar surface area (TPSA) is 52.6 Å². The van der Waals surface area contributed by atoms with Gasteiger partial charge in [0, 0.05) is 13.0 Å². The van der Waals surface area contributed by atoms with Crippen LogP contribution in [-0.4, -0.2) is 23.6 Å². The van der Waals surface area contributed by atoms with Crippen molar-refractivity contribution >= 4 is 11.9 Å². The molecule has 0 N–H and O–H groups in total. The fourth-order valence-electron chi connectivity index (χ4n) is 6.27. The van der Waals surface area contributed by atoms with Crippen molar-refractivity contribution in [2.24, 2.45) is 35.5 Å². The smallest absolute Gasteiger partial charge is 0.330 e. The van der Waals surface area contributed by atoms with E-state index in [4.69, 9.17) is 9.47 Å². The van der Waals surface area contributed by atoms with Crippen LogP contribution in [0, 0.1) is 35.5 Å². The average molecular weight is 348 g/mol. The number of rotatable bonds is 2. The van der Waals surface area contributed by atoms with Gasteiger partial charge in [0.05, 0.1) is 0 Å². The normalized spacial score (nSPS) is 40.1. The van der Waals surface area contributed by atoms with Crippen molar-refractivity contribution in [3.05, 3.63) is 12.7 Å². The number of hydrogen-bond donors (Lipinski definition) is 0. The summed E-state index contributed by atoms with van der Waals surface area (Å²) in [6.45, 7) is 10.4. The molecule has 0 aromatic carbocycles. The third kappa shape index (κ3) is 3.78. The summed E-state index contributed by atoms with van der Waals surface area (Å²) < 4.78 is 10.4. The summed E-state index contributed by atoms with van der Waals surface area (Å²) in [7, 11) is 0. The molecule has 7 unspecified atom stereocenters. The fraction of sp³-hybridized carbons (Fsp3) is 0.810. The van der Waals surface area contributed by atoms with E-state index in [-0.39, 0.29) is 23.6 Å². The summed E-state index contributed by atoms with van der Waals surface area (Å²) in [5.74, 6) is 4.99. The molecular formula is C21H32O4. The van der Waals surface area contributed by atoms with Crippen molar-refractivity contribution in [2.75, 3.05) is 0 Å². The minimum atomic E-state index is -0.328. The SMILES string of the molecule is C=CC(=O)OC1CC2CC1C1C3CCC(C3)C21.CC(=O)OC(C)(C)C. The van der Waals surface area contributed by atoms with E-state index in [1.165, 1.54) is 38.7 Å². The Morgan fingerprint density at radius 2 is 1.64 bits per heavy atom. The summed E-state index contributed by atoms with van der Waals surface area (Å²) in [6, 6.07) is 0. The van der Waals surface area contributed by atoms with Crippen molar-refractivity contribution in [1.29, 1.82) is 0 Å². The van der Waals surface area contributed by atoms with Crippen LogP contribution in [0.4, 0.5) is 0 Å². The van der Waals surface area contributed by atoms with Crippen LogP contribution in [0.3, 0.4) is 0 Å². The Labute approximate surface area is 151 Å². The van der Waals surface area contributed by atoms with Crippen LogP contribution in [0.1, 0.15) is 59.8 Å². The monoisotopic (exact) mass is 348 g/mol. The van der Waals surface area contributed by atoms with Gasteiger partial charge in [-0.05, 0) is 88.4 Å². The summed E-state index contributed by atoms with van der Waals surface area (Å²) in [5, 5.41) is 0. The van der Waals surface area contributed by atoms with Gasteiger partial charge in [-0.1, -0.05) is 6.58 Å². The maximum absolute atomic E-state index is 11.4. The van der Waals surface area contributed by atoms with Gasteiger partial charge < -0.3 is 9.47 Å². The predicted molar refractivity (Wildman–Crippen MR) is 95.6 cm³/mol. The van der Waals surface area contributed by atoms with Crippen LogP contribution in [0.15, 0.2) is 12.7 Å². The zero-order valence-corrected chi connectivity index (χ0v) is 16.0. The summed E-state index contributed by atoms with van der Waals surface area (Å²) in [6.07, 6.45) is 8.38. The molecule has 0 spiro atoms. The molecular weight excluding hydrogens is 316 g/mol. The molecule has 4 aliphatic rings. The zero-order chi connectivity index (χ0) is 18.4. The van der Waals surface area contributed by atoms with E-state index in [1.54, 1.807) is 0 Å². The van der Waals surface area contributed by atoms with Gasteiger partial charge >= 0.3 is 11.9 Å². The Kier molecular flexibility index (Phi) is 5.00. The van der Waals surface area contributed by atoms with E-state index in [1.807, 2.05) is 20.8 Å². The highest BCUT2D eigenvalue weighted by atomic mass is 16.6. The Morgan fingerprint density at radius 3 is 2.16 bits per heavy atom. The van der Waals surface area contributed by atoms with E-state index in [0.29, 0.717) is 5.92 Å². The third-order valence-corrected chi connectivity index (χ3v) is 6.56. The molecule has 0 saturated heterocycles. The van der Waals surface area contributed by atoms with Gasteiger partial charge in [-0.25, -0.2) is 4.79 Å². The molecule has 140 valence electrons. The first-order valence-corrected chi connectivity index (χ1v) is 9.72. The van der Waals surface area contributed by atoms with Crippen LogP contribution < -0.4 is 0 Å². The molecule has 4 aliphatic carbocycles. The lowest BCUT2D eigenvalue weighted by atomic mass is 9.70. The van der Waals surface area contributed by atoms with Crippen molar-refractivity contribution in [1.82, 2.24) is 0 Å². The molecule has 4 fully saturated rings. The van der Waals surface area contributed by atoms with Crippen LogP contribution >= 0.6 is 0 Å². The number of carbonyl (C=O) groups excluding carboxylic acids is 2. The lowest BCUT2D eigenvalue weighted by Gasteiger charge is -2.38. The van der Waals surface area contributed by atoms with Crippen LogP contribution in [0.5, 0.6) is 0 Å². The van der Waals surface area contributed by atoms with Crippen LogP contribution in [0.25, 0.3) is 0 Å². The molecule has 4 nitrogen and oxygen atoms in total. The molecule has 25 heavy (non-hydrogen) atoms. The van der Waals surface area contributed by atoms with Crippen molar-refractivity contribution in [2.45, 2.75) is 71.5 Å². The largest absolute Gasteiger partial charge is 0.460 e. The van der Waals surface area contributed by atoms with E-state index in [0.717, 1.165) is 36.0 Å². The third-order valence-electron chi connectivity index (χ3n) is 6.56. The highest BCUT2D eigenvalue weighted by Crippen LogP contribution is 2.67. The molecule has 0 aromatic heterocycles. The van der Waals surface area contributed by atoms with Gasteiger partial charge in [0.2, 0.25) is 0 Å². The van der Waals surface area contributed by atoms with Crippen molar-refractivity contribution in [3.63, 3.8) is 0 Å². The lowest BCUT2D eigenvalue weighted by Crippen LogP contribution is -2.37. The quantitative estimate of drug-likeness (QED) is 0.428. The molecule has 0 amide bonds. The maximum Gasteiger partial charge on any atom is 0.330 e. The summed E-state index contributed by atoms with van der Waals surface area (Å²) >= 11 is 0. The minimum absolute atomic E-state index is 0.214. The van der Waals surface area contributed by atoms with Gasteiger partial charge in [0.25, 0.3) is 0 Å². The molecule has 0 heterocycles. The molecule has 7 atom stereocenters. The van der Waals surface area contributed by atoms with Crippen LogP contribution in [0.2, 0.25) is 0 Å².